The first-order valence-electron chi connectivity index (χ1n) is 11.3. The van der Waals surface area contributed by atoms with Gasteiger partial charge in [0.05, 0.1) is 0 Å². The molecule has 30 heavy (non-hydrogen) atoms. The summed E-state index contributed by atoms with van der Waals surface area (Å²) < 4.78 is 0. The number of rotatable bonds is 7. The Balaban J connectivity index is 1.42. The van der Waals surface area contributed by atoms with E-state index in [1.165, 1.54) is 5.56 Å². The van der Waals surface area contributed by atoms with Crippen molar-refractivity contribution in [2.24, 2.45) is 4.99 Å². The fourth-order valence-corrected chi connectivity index (χ4v) is 4.42. The number of likely N-dealkylation sites (tertiary alicyclic amines) is 1. The lowest BCUT2D eigenvalue weighted by Gasteiger charge is -2.40. The Bertz CT molecular complexity index is 694. The van der Waals surface area contributed by atoms with Gasteiger partial charge in [0.2, 0.25) is 5.91 Å². The lowest BCUT2D eigenvalue weighted by molar-refractivity contribution is -0.129. The minimum Gasteiger partial charge on any atom is -0.356 e. The largest absolute Gasteiger partial charge is 0.356 e. The highest BCUT2D eigenvalue weighted by Gasteiger charge is 2.27. The number of nitrogens with zero attached hydrogens (tertiary/aromatic N) is 4. The third-order valence-corrected chi connectivity index (χ3v) is 6.20. The standard InChI is InChI=1S/C23H38N6O/c1-4-22(30)29-14-11-20(17-29)26-23(24-2)25-12-8-13-28-16-15-27(3)18-21(28)19-9-6-5-7-10-19/h5-7,9-10,20-21H,4,8,11-18H2,1-3H3,(H2,24,25,26). The maximum Gasteiger partial charge on any atom is 0.222 e. The van der Waals surface area contributed by atoms with Crippen LogP contribution in [0.2, 0.25) is 0 Å². The lowest BCUT2D eigenvalue weighted by Crippen LogP contribution is -2.48. The third kappa shape index (κ3) is 6.19. The van der Waals surface area contributed by atoms with Crippen molar-refractivity contribution in [2.75, 3.05) is 59.9 Å². The quantitative estimate of drug-likeness (QED) is 0.403. The van der Waals surface area contributed by atoms with Gasteiger partial charge in [-0.3, -0.25) is 14.7 Å². The van der Waals surface area contributed by atoms with E-state index in [0.717, 1.165) is 64.6 Å². The molecule has 3 rings (SSSR count). The molecule has 0 spiro atoms. The molecule has 2 fully saturated rings. The maximum absolute atomic E-state index is 11.9. The molecule has 2 saturated heterocycles. The van der Waals surface area contributed by atoms with Gasteiger partial charge in [-0.25, -0.2) is 0 Å². The van der Waals surface area contributed by atoms with Crippen molar-refractivity contribution in [2.45, 2.75) is 38.3 Å². The molecule has 0 radical (unpaired) electrons. The maximum atomic E-state index is 11.9. The third-order valence-electron chi connectivity index (χ3n) is 6.20. The molecule has 2 unspecified atom stereocenters. The molecule has 0 bridgehead atoms. The van der Waals surface area contributed by atoms with Crippen LogP contribution in [0.25, 0.3) is 0 Å². The van der Waals surface area contributed by atoms with E-state index < -0.39 is 0 Å². The molecule has 2 heterocycles. The van der Waals surface area contributed by atoms with E-state index in [9.17, 15) is 4.79 Å². The zero-order valence-electron chi connectivity index (χ0n) is 18.8. The van der Waals surface area contributed by atoms with Gasteiger partial charge in [0.25, 0.3) is 0 Å². The summed E-state index contributed by atoms with van der Waals surface area (Å²) in [5.41, 5.74) is 1.40. The van der Waals surface area contributed by atoms with Crippen LogP contribution in [0.4, 0.5) is 0 Å². The van der Waals surface area contributed by atoms with E-state index >= 15 is 0 Å². The number of carbonyl (C=O) groups excluding carboxylic acids is 1. The van der Waals surface area contributed by atoms with Crippen molar-refractivity contribution in [1.29, 1.82) is 0 Å². The monoisotopic (exact) mass is 414 g/mol. The summed E-state index contributed by atoms with van der Waals surface area (Å²) in [6, 6.07) is 11.6. The molecule has 2 aliphatic heterocycles. The predicted octanol–water partition coefficient (Wildman–Crippen LogP) is 1.54. The van der Waals surface area contributed by atoms with Crippen LogP contribution in [0.5, 0.6) is 0 Å². The normalized spacial score (nSPS) is 23.6. The van der Waals surface area contributed by atoms with Crippen LogP contribution in [0, 0.1) is 0 Å². The van der Waals surface area contributed by atoms with Gasteiger partial charge in [-0.05, 0) is 25.5 Å². The van der Waals surface area contributed by atoms with Gasteiger partial charge in [-0.1, -0.05) is 37.3 Å². The van der Waals surface area contributed by atoms with Crippen LogP contribution in [-0.2, 0) is 4.79 Å². The Morgan fingerprint density at radius 3 is 2.70 bits per heavy atom. The first-order valence-corrected chi connectivity index (χ1v) is 11.3. The second kappa shape index (κ2) is 11.3. The molecule has 1 amide bonds. The van der Waals surface area contributed by atoms with E-state index in [1.807, 2.05) is 18.9 Å². The summed E-state index contributed by atoms with van der Waals surface area (Å²) >= 11 is 0. The van der Waals surface area contributed by atoms with Gasteiger partial charge in [0.15, 0.2) is 5.96 Å². The average molecular weight is 415 g/mol. The van der Waals surface area contributed by atoms with E-state index in [0.29, 0.717) is 12.5 Å². The number of amides is 1. The van der Waals surface area contributed by atoms with E-state index in [2.05, 4.69) is 62.8 Å². The summed E-state index contributed by atoms with van der Waals surface area (Å²) in [5, 5.41) is 6.93. The summed E-state index contributed by atoms with van der Waals surface area (Å²) in [4.78, 5) is 23.2. The van der Waals surface area contributed by atoms with Crippen molar-refractivity contribution in [1.82, 2.24) is 25.3 Å². The second-order valence-corrected chi connectivity index (χ2v) is 8.40. The Hall–Kier alpha value is -2.12. The van der Waals surface area contributed by atoms with Crippen LogP contribution in [0.3, 0.4) is 0 Å². The SMILES string of the molecule is CCC(=O)N1CCC(NC(=NC)NCCCN2CCN(C)CC2c2ccccc2)C1. The zero-order valence-corrected chi connectivity index (χ0v) is 18.8. The Labute approximate surface area is 181 Å². The zero-order chi connectivity index (χ0) is 21.3. The van der Waals surface area contributed by atoms with Gasteiger partial charge in [0.1, 0.15) is 0 Å². The molecule has 1 aromatic rings. The van der Waals surface area contributed by atoms with Crippen LogP contribution in [-0.4, -0.2) is 92.5 Å². The van der Waals surface area contributed by atoms with E-state index in [1.54, 1.807) is 0 Å². The molecule has 0 saturated carbocycles. The Kier molecular flexibility index (Phi) is 8.51. The summed E-state index contributed by atoms with van der Waals surface area (Å²) in [5.74, 6) is 1.08. The molecule has 2 aliphatic rings. The van der Waals surface area contributed by atoms with Gasteiger partial charge < -0.3 is 20.4 Å². The minimum absolute atomic E-state index is 0.238. The first-order chi connectivity index (χ1) is 14.6. The molecular formula is C23H38N6O. The lowest BCUT2D eigenvalue weighted by atomic mass is 10.0. The highest BCUT2D eigenvalue weighted by Crippen LogP contribution is 2.24. The average Bonchev–Trinajstić information content (AvgIpc) is 3.25. The smallest absolute Gasteiger partial charge is 0.222 e. The molecule has 7 nitrogen and oxygen atoms in total. The minimum atomic E-state index is 0.238. The van der Waals surface area contributed by atoms with Crippen molar-refractivity contribution in [3.63, 3.8) is 0 Å². The van der Waals surface area contributed by atoms with Crippen molar-refractivity contribution < 1.29 is 4.79 Å². The van der Waals surface area contributed by atoms with Crippen LogP contribution < -0.4 is 10.6 Å². The summed E-state index contributed by atoms with van der Waals surface area (Å²) in [6.45, 7) is 8.79. The van der Waals surface area contributed by atoms with E-state index in [-0.39, 0.29) is 11.9 Å². The number of hydrogen-bond acceptors (Lipinski definition) is 4. The van der Waals surface area contributed by atoms with Crippen LogP contribution >= 0.6 is 0 Å². The number of aliphatic imine (C=N–C) groups is 1. The number of guanidine groups is 1. The highest BCUT2D eigenvalue weighted by molar-refractivity contribution is 5.80. The molecule has 1 aromatic carbocycles. The van der Waals surface area contributed by atoms with Gasteiger partial charge in [0, 0.05) is 71.4 Å². The summed E-state index contributed by atoms with van der Waals surface area (Å²) in [6.07, 6.45) is 2.63. The second-order valence-electron chi connectivity index (χ2n) is 8.40. The fourth-order valence-electron chi connectivity index (χ4n) is 4.42. The Morgan fingerprint density at radius 1 is 1.17 bits per heavy atom. The number of carbonyl (C=O) groups is 1. The molecule has 2 N–H and O–H groups in total. The van der Waals surface area contributed by atoms with Crippen LogP contribution in [0.1, 0.15) is 37.8 Å². The van der Waals surface area contributed by atoms with Crippen molar-refractivity contribution >= 4 is 11.9 Å². The van der Waals surface area contributed by atoms with Crippen molar-refractivity contribution in [3.8, 4) is 0 Å². The van der Waals surface area contributed by atoms with Crippen molar-refractivity contribution in [3.05, 3.63) is 35.9 Å². The Morgan fingerprint density at radius 2 is 1.97 bits per heavy atom. The molecule has 0 aliphatic carbocycles. The van der Waals surface area contributed by atoms with Gasteiger partial charge in [-0.15, -0.1) is 0 Å². The van der Waals surface area contributed by atoms with Gasteiger partial charge in [-0.2, -0.15) is 0 Å². The van der Waals surface area contributed by atoms with E-state index in [4.69, 9.17) is 0 Å². The fraction of sp³-hybridized carbons (Fsp3) is 0.652. The number of hydrogen-bond donors (Lipinski definition) is 2. The topological polar surface area (TPSA) is 63.2 Å². The van der Waals surface area contributed by atoms with Crippen LogP contribution in [0.15, 0.2) is 35.3 Å². The molecule has 2 atom stereocenters. The predicted molar refractivity (Wildman–Crippen MR) is 123 cm³/mol. The molecule has 0 aromatic heterocycles. The number of likely N-dealkylation sites (N-methyl/N-ethyl adjacent to an activating group) is 1. The highest BCUT2D eigenvalue weighted by atomic mass is 16.2. The molecule has 7 heteroatoms. The molecule has 166 valence electrons. The summed E-state index contributed by atoms with van der Waals surface area (Å²) in [7, 11) is 4.02. The number of benzene rings is 1. The first kappa shape index (κ1) is 22.6. The number of piperazine rings is 1. The van der Waals surface area contributed by atoms with Gasteiger partial charge >= 0.3 is 0 Å². The number of nitrogens with one attached hydrogen (secondary N) is 2. The molecular weight excluding hydrogens is 376 g/mol.